The highest BCUT2D eigenvalue weighted by Crippen LogP contribution is 2.39. The van der Waals surface area contributed by atoms with Gasteiger partial charge in [-0.15, -0.1) is 11.3 Å². The summed E-state index contributed by atoms with van der Waals surface area (Å²) < 4.78 is 8.69. The molecule has 3 rings (SSSR count). The second kappa shape index (κ2) is 7.64. The fourth-order valence-electron chi connectivity index (χ4n) is 2.90. The van der Waals surface area contributed by atoms with Crippen molar-refractivity contribution < 1.29 is 4.74 Å². The Labute approximate surface area is 136 Å². The average Bonchev–Trinajstić information content (AvgIpc) is 2.93. The average molecular weight is 312 g/mol. The first-order chi connectivity index (χ1) is 10.9. The Hall–Kier alpha value is -1.54. The van der Waals surface area contributed by atoms with Gasteiger partial charge in [-0.3, -0.25) is 0 Å². The minimum atomic E-state index is 0.833. The lowest BCUT2D eigenvalue weighted by Gasteiger charge is -2.07. The molecule has 2 aromatic carbocycles. The zero-order valence-electron chi connectivity index (χ0n) is 13.3. The van der Waals surface area contributed by atoms with Crippen molar-refractivity contribution in [2.24, 2.45) is 0 Å². The van der Waals surface area contributed by atoms with Crippen molar-refractivity contribution in [2.45, 2.75) is 45.4 Å². The number of hydrogen-bond donors (Lipinski definition) is 0. The lowest BCUT2D eigenvalue weighted by Crippen LogP contribution is -1.97. The van der Waals surface area contributed by atoms with E-state index in [1.165, 1.54) is 52.3 Å². The van der Waals surface area contributed by atoms with E-state index in [1.807, 2.05) is 11.3 Å². The molecule has 22 heavy (non-hydrogen) atoms. The molecular weight excluding hydrogens is 288 g/mol. The predicted octanol–water partition coefficient (Wildman–Crippen LogP) is 6.79. The summed E-state index contributed by atoms with van der Waals surface area (Å²) in [7, 11) is 0. The van der Waals surface area contributed by atoms with Gasteiger partial charge in [0, 0.05) is 15.5 Å². The summed E-state index contributed by atoms with van der Waals surface area (Å²) in [5.41, 5.74) is 0. The molecule has 116 valence electrons. The van der Waals surface area contributed by atoms with Crippen LogP contribution < -0.4 is 4.74 Å². The Morgan fingerprint density at radius 2 is 1.59 bits per heavy atom. The third-order valence-corrected chi connectivity index (χ3v) is 5.32. The molecule has 0 aliphatic rings. The first-order valence-electron chi connectivity index (χ1n) is 8.43. The highest BCUT2D eigenvalue weighted by atomic mass is 32.1. The van der Waals surface area contributed by atoms with E-state index in [1.54, 1.807) is 0 Å². The molecule has 0 bridgehead atoms. The normalized spacial score (nSPS) is 11.3. The van der Waals surface area contributed by atoms with Crippen molar-refractivity contribution in [1.29, 1.82) is 0 Å². The fourth-order valence-corrected chi connectivity index (χ4v) is 4.07. The van der Waals surface area contributed by atoms with Gasteiger partial charge in [0.25, 0.3) is 0 Å². The first kappa shape index (κ1) is 15.4. The zero-order valence-corrected chi connectivity index (χ0v) is 14.1. The van der Waals surface area contributed by atoms with Gasteiger partial charge in [-0.2, -0.15) is 0 Å². The molecule has 3 aromatic rings. The van der Waals surface area contributed by atoms with Crippen molar-refractivity contribution in [2.75, 3.05) is 6.61 Å². The fraction of sp³-hybridized carbons (Fsp3) is 0.400. The van der Waals surface area contributed by atoms with Crippen molar-refractivity contribution in [1.82, 2.24) is 0 Å². The molecule has 0 saturated heterocycles. The van der Waals surface area contributed by atoms with E-state index in [4.69, 9.17) is 4.74 Å². The molecule has 0 amide bonds. The van der Waals surface area contributed by atoms with Crippen LogP contribution in [0.1, 0.15) is 45.4 Å². The van der Waals surface area contributed by atoms with Crippen LogP contribution >= 0.6 is 11.3 Å². The van der Waals surface area contributed by atoms with Crippen LogP contribution in [-0.4, -0.2) is 6.61 Å². The lowest BCUT2D eigenvalue weighted by atomic mass is 10.1. The Morgan fingerprint density at radius 1 is 0.818 bits per heavy atom. The van der Waals surface area contributed by atoms with Gasteiger partial charge in [-0.25, -0.2) is 0 Å². The maximum Gasteiger partial charge on any atom is 0.137 e. The molecule has 0 saturated carbocycles. The molecule has 0 unspecified atom stereocenters. The topological polar surface area (TPSA) is 9.23 Å². The second-order valence-corrected chi connectivity index (χ2v) is 6.90. The standard InChI is InChI=1S/C20H24OS/c1-2-3-4-5-6-9-15-21-18-13-10-12-17-16-11-7-8-14-19(16)22-20(17)18/h7-8,10-14H,2-6,9,15H2,1H3. The third kappa shape index (κ3) is 3.44. The number of rotatable bonds is 8. The van der Waals surface area contributed by atoms with Crippen LogP contribution in [0.2, 0.25) is 0 Å². The molecule has 0 atom stereocenters. The van der Waals surface area contributed by atoms with E-state index in [9.17, 15) is 0 Å². The van der Waals surface area contributed by atoms with Crippen LogP contribution in [-0.2, 0) is 0 Å². The SMILES string of the molecule is CCCCCCCCOc1cccc2c1sc1ccccc12. The summed E-state index contributed by atoms with van der Waals surface area (Å²) in [6, 6.07) is 15.0. The Bertz CT molecular complexity index is 729. The minimum Gasteiger partial charge on any atom is -0.492 e. The molecule has 0 aliphatic carbocycles. The Morgan fingerprint density at radius 3 is 2.50 bits per heavy atom. The van der Waals surface area contributed by atoms with Gasteiger partial charge < -0.3 is 4.74 Å². The van der Waals surface area contributed by atoms with Crippen molar-refractivity contribution in [3.8, 4) is 5.75 Å². The molecule has 0 aliphatic heterocycles. The van der Waals surface area contributed by atoms with Crippen molar-refractivity contribution >= 4 is 31.5 Å². The van der Waals surface area contributed by atoms with E-state index in [0.29, 0.717) is 0 Å². The van der Waals surface area contributed by atoms with Crippen LogP contribution in [0.3, 0.4) is 0 Å². The van der Waals surface area contributed by atoms with E-state index in [0.717, 1.165) is 18.8 Å². The quantitative estimate of drug-likeness (QED) is 0.416. The molecule has 2 heteroatoms. The molecule has 0 N–H and O–H groups in total. The summed E-state index contributed by atoms with van der Waals surface area (Å²) in [4.78, 5) is 0. The van der Waals surface area contributed by atoms with Crippen LogP contribution in [0.4, 0.5) is 0 Å². The Kier molecular flexibility index (Phi) is 5.33. The maximum absolute atomic E-state index is 6.07. The summed E-state index contributed by atoms with van der Waals surface area (Å²) in [6.45, 7) is 3.09. The van der Waals surface area contributed by atoms with Gasteiger partial charge in [0.1, 0.15) is 5.75 Å². The molecular formula is C20H24OS. The molecule has 0 spiro atoms. The van der Waals surface area contributed by atoms with Crippen LogP contribution in [0.25, 0.3) is 20.2 Å². The van der Waals surface area contributed by atoms with Crippen molar-refractivity contribution in [3.63, 3.8) is 0 Å². The monoisotopic (exact) mass is 312 g/mol. The van der Waals surface area contributed by atoms with E-state index < -0.39 is 0 Å². The lowest BCUT2D eigenvalue weighted by molar-refractivity contribution is 0.308. The number of ether oxygens (including phenoxy) is 1. The van der Waals surface area contributed by atoms with E-state index in [-0.39, 0.29) is 0 Å². The van der Waals surface area contributed by atoms with Gasteiger partial charge in [0.2, 0.25) is 0 Å². The summed E-state index contributed by atoms with van der Waals surface area (Å²) in [5.74, 6) is 1.05. The van der Waals surface area contributed by atoms with Crippen molar-refractivity contribution in [3.05, 3.63) is 42.5 Å². The van der Waals surface area contributed by atoms with Gasteiger partial charge in [0.15, 0.2) is 0 Å². The largest absolute Gasteiger partial charge is 0.492 e. The molecule has 1 nitrogen and oxygen atoms in total. The van der Waals surface area contributed by atoms with Crippen LogP contribution in [0.5, 0.6) is 5.75 Å². The van der Waals surface area contributed by atoms with Crippen LogP contribution in [0, 0.1) is 0 Å². The number of hydrogen-bond acceptors (Lipinski definition) is 2. The molecule has 0 fully saturated rings. The Balaban J connectivity index is 1.64. The highest BCUT2D eigenvalue weighted by molar-refractivity contribution is 7.26. The number of unbranched alkanes of at least 4 members (excludes halogenated alkanes) is 5. The van der Waals surface area contributed by atoms with Crippen LogP contribution in [0.15, 0.2) is 42.5 Å². The van der Waals surface area contributed by atoms with Gasteiger partial charge in [0.05, 0.1) is 11.3 Å². The summed E-state index contributed by atoms with van der Waals surface area (Å²) >= 11 is 1.84. The van der Waals surface area contributed by atoms with Gasteiger partial charge >= 0.3 is 0 Å². The highest BCUT2D eigenvalue weighted by Gasteiger charge is 2.08. The first-order valence-corrected chi connectivity index (χ1v) is 9.25. The van der Waals surface area contributed by atoms with E-state index in [2.05, 4.69) is 49.4 Å². The summed E-state index contributed by atoms with van der Waals surface area (Å²) in [5, 5.41) is 2.66. The smallest absolute Gasteiger partial charge is 0.137 e. The molecule has 1 heterocycles. The number of fused-ring (bicyclic) bond motifs is 3. The van der Waals surface area contributed by atoms with Gasteiger partial charge in [-0.1, -0.05) is 69.4 Å². The van der Waals surface area contributed by atoms with E-state index >= 15 is 0 Å². The predicted molar refractivity (Wildman–Crippen MR) is 98.2 cm³/mol. The third-order valence-electron chi connectivity index (χ3n) is 4.12. The molecule has 0 radical (unpaired) electrons. The second-order valence-electron chi connectivity index (χ2n) is 5.85. The minimum absolute atomic E-state index is 0.833. The number of thiophene rings is 1. The number of benzene rings is 2. The summed E-state index contributed by atoms with van der Waals surface area (Å²) in [6.07, 6.45) is 7.81. The zero-order chi connectivity index (χ0) is 15.2. The maximum atomic E-state index is 6.07. The van der Waals surface area contributed by atoms with Gasteiger partial charge in [-0.05, 0) is 18.6 Å². The molecule has 1 aromatic heterocycles.